The van der Waals surface area contributed by atoms with Crippen LogP contribution in [0.2, 0.25) is 0 Å². The molecule has 0 unspecified atom stereocenters. The molecule has 0 atom stereocenters. The third-order valence-electron chi connectivity index (χ3n) is 10.4. The highest BCUT2D eigenvalue weighted by Gasteiger charge is 2.97. The van der Waals surface area contributed by atoms with E-state index in [-0.39, 0.29) is 17.7 Å². The lowest BCUT2D eigenvalue weighted by Crippen LogP contribution is -2.74. The number of thiocarbonyl (C=S) groups is 1. The van der Waals surface area contributed by atoms with Gasteiger partial charge in [0.25, 0.3) is 5.17 Å². The van der Waals surface area contributed by atoms with Gasteiger partial charge in [-0.1, -0.05) is 64.7 Å². The second-order valence-electron chi connectivity index (χ2n) is 15.8. The molecule has 2 nitrogen and oxygen atoms in total. The Morgan fingerprint density at radius 2 is 0.528 bits per heavy atom. The maximum atomic E-state index is 14.6. The number of unbranched alkanes of at least 4 members (excludes halogenated alkanes) is 9. The smallest absolute Gasteiger partial charge is 0.460 e. The van der Waals surface area contributed by atoms with E-state index >= 15 is 0 Å². The van der Waals surface area contributed by atoms with E-state index in [1.54, 1.807) is 0 Å². The number of ether oxygens (including phenoxy) is 1. The first-order chi connectivity index (χ1) is 31.5. The van der Waals surface area contributed by atoms with Crippen LogP contribution in [0, 0.1) is 0 Å². The third kappa shape index (κ3) is 12.4. The van der Waals surface area contributed by atoms with Gasteiger partial charge < -0.3 is 9.64 Å². The molecular formula is C35H37F34NOS. The van der Waals surface area contributed by atoms with Crippen molar-refractivity contribution in [2.75, 3.05) is 19.7 Å². The molecule has 37 heteroatoms. The lowest BCUT2D eigenvalue weighted by molar-refractivity contribution is -0.461. The monoisotopic (exact) mass is 1170 g/mol. The van der Waals surface area contributed by atoms with Gasteiger partial charge in [-0.05, 0) is 31.5 Å². The summed E-state index contributed by atoms with van der Waals surface area (Å²) < 4.78 is 469. The van der Waals surface area contributed by atoms with Gasteiger partial charge in [0.15, 0.2) is 0 Å². The highest BCUT2D eigenvalue weighted by Crippen LogP contribution is 2.66. The lowest BCUT2D eigenvalue weighted by Gasteiger charge is -2.43. The van der Waals surface area contributed by atoms with Gasteiger partial charge >= 0.3 is 95.3 Å². The number of halogens is 34. The minimum Gasteiger partial charge on any atom is -0.471 e. The van der Waals surface area contributed by atoms with Gasteiger partial charge in [-0.15, -0.1) is 0 Å². The van der Waals surface area contributed by atoms with Crippen LogP contribution in [0.15, 0.2) is 0 Å². The average Bonchev–Trinajstić information content (AvgIpc) is 3.20. The summed E-state index contributed by atoms with van der Waals surface area (Å²) >= 11 is 4.59. The van der Waals surface area contributed by atoms with E-state index in [2.05, 4.69) is 12.2 Å². The molecule has 0 rings (SSSR count). The van der Waals surface area contributed by atoms with E-state index < -0.39 is 146 Å². The maximum absolute atomic E-state index is 14.6. The van der Waals surface area contributed by atoms with E-state index in [9.17, 15) is 149 Å². The van der Waals surface area contributed by atoms with Gasteiger partial charge in [-0.25, -0.2) is 0 Å². The Morgan fingerprint density at radius 1 is 0.306 bits per heavy atom. The lowest BCUT2D eigenvalue weighted by atomic mass is 9.88. The second kappa shape index (κ2) is 22.5. The fourth-order valence-corrected chi connectivity index (χ4v) is 6.09. The Morgan fingerprint density at radius 3 is 0.778 bits per heavy atom. The number of nitrogens with zero attached hydrogens (tertiary/aromatic N) is 1. The fourth-order valence-electron chi connectivity index (χ4n) is 5.83. The topological polar surface area (TPSA) is 12.5 Å². The minimum absolute atomic E-state index is 0.109. The van der Waals surface area contributed by atoms with Crippen LogP contribution >= 0.6 is 12.2 Å². The van der Waals surface area contributed by atoms with E-state index in [1.165, 1.54) is 0 Å². The van der Waals surface area contributed by atoms with E-state index in [1.807, 2.05) is 6.92 Å². The SMILES string of the molecule is CCCCCCCCCCCCOC(=S)N(CCCC(F)(F)C(F)(F)C(F)(F)C(F)(F)C(F)(F)C(F)(F)C(F)(F)C(F)(F)F)CCCC(F)(F)C(F)(F)C(F)(F)C(F)(F)C(F)(F)C(F)(F)C(F)(F)C(F)(F)F. The van der Waals surface area contributed by atoms with Crippen molar-refractivity contribution in [3.8, 4) is 0 Å². The second-order valence-corrected chi connectivity index (χ2v) is 16.1. The van der Waals surface area contributed by atoms with Crippen LogP contribution in [-0.4, -0.2) is 125 Å². The zero-order valence-corrected chi connectivity index (χ0v) is 36.5. The average molecular weight is 1170 g/mol. The standard InChI is InChI=1S/C35H37F34NOS/c1-2-3-4-5-6-7-8-9-10-11-18-71-19(72)70(16-12-14-20(36,37)22(40,41)24(44,45)26(48,49)28(52,53)30(56,57)32(60,61)34(64,65)66)17-13-15-21(38,39)23(42,43)25(46,47)27(50,51)29(54,55)31(58,59)33(62,63)35(67,68)69/h2-18H2,1H3. The highest BCUT2D eigenvalue weighted by molar-refractivity contribution is 7.80. The zero-order valence-electron chi connectivity index (χ0n) is 35.6. The molecule has 432 valence electrons. The summed E-state index contributed by atoms with van der Waals surface area (Å²) in [6, 6.07) is 0. The van der Waals surface area contributed by atoms with Crippen molar-refractivity contribution in [3.63, 3.8) is 0 Å². The van der Waals surface area contributed by atoms with Crippen molar-refractivity contribution in [2.24, 2.45) is 0 Å². The molecule has 0 aliphatic heterocycles. The summed E-state index contributed by atoms with van der Waals surface area (Å²) in [5.74, 6) is -119. The van der Waals surface area contributed by atoms with Gasteiger partial charge in [0, 0.05) is 25.9 Å². The summed E-state index contributed by atoms with van der Waals surface area (Å²) in [6.07, 6.45) is -20.8. The summed E-state index contributed by atoms with van der Waals surface area (Å²) in [4.78, 5) is -0.171. The first kappa shape index (κ1) is 69.3. The van der Waals surface area contributed by atoms with Gasteiger partial charge in [0.2, 0.25) is 0 Å². The van der Waals surface area contributed by atoms with Crippen molar-refractivity contribution in [1.29, 1.82) is 0 Å². The Kier molecular flexibility index (Phi) is 21.6. The van der Waals surface area contributed by atoms with Gasteiger partial charge in [0.05, 0.1) is 6.61 Å². The van der Waals surface area contributed by atoms with E-state index in [0.717, 1.165) is 32.1 Å². The normalized spacial score (nSPS) is 15.6. The van der Waals surface area contributed by atoms with Crippen LogP contribution in [-0.2, 0) is 4.74 Å². The number of rotatable bonds is 31. The van der Waals surface area contributed by atoms with Crippen LogP contribution in [0.4, 0.5) is 149 Å². The molecule has 0 saturated heterocycles. The third-order valence-corrected chi connectivity index (χ3v) is 10.8. The molecule has 0 aromatic rings. The molecule has 0 heterocycles. The van der Waals surface area contributed by atoms with Crippen LogP contribution < -0.4 is 0 Å². The minimum atomic E-state index is -9.01. The Bertz CT molecular complexity index is 1620. The number of hydrogen-bond acceptors (Lipinski definition) is 2. The van der Waals surface area contributed by atoms with Gasteiger partial charge in [0.1, 0.15) is 0 Å². The first-order valence-corrected chi connectivity index (χ1v) is 20.3. The van der Waals surface area contributed by atoms with Crippen molar-refractivity contribution in [1.82, 2.24) is 4.90 Å². The van der Waals surface area contributed by atoms with E-state index in [4.69, 9.17) is 4.74 Å². The molecule has 0 fully saturated rings. The summed E-state index contributed by atoms with van der Waals surface area (Å²) in [6.45, 7) is -2.45. The Labute approximate surface area is 388 Å². The van der Waals surface area contributed by atoms with E-state index in [0.29, 0.717) is 19.3 Å². The highest BCUT2D eigenvalue weighted by atomic mass is 32.1. The molecule has 0 spiro atoms. The van der Waals surface area contributed by atoms with Crippen molar-refractivity contribution in [3.05, 3.63) is 0 Å². The summed E-state index contributed by atoms with van der Waals surface area (Å²) in [7, 11) is 0. The summed E-state index contributed by atoms with van der Waals surface area (Å²) in [5, 5.41) is -1.37. The molecule has 0 aliphatic carbocycles. The van der Waals surface area contributed by atoms with Crippen molar-refractivity contribution < 1.29 is 154 Å². The zero-order chi connectivity index (χ0) is 57.9. The van der Waals surface area contributed by atoms with Crippen LogP contribution in [0.5, 0.6) is 0 Å². The fraction of sp³-hybridized carbons (Fsp3) is 0.971. The quantitative estimate of drug-likeness (QED) is 0.0390. The molecule has 0 radical (unpaired) electrons. The molecule has 0 N–H and O–H groups in total. The number of hydrogen-bond donors (Lipinski definition) is 0. The predicted molar refractivity (Wildman–Crippen MR) is 182 cm³/mol. The largest absolute Gasteiger partial charge is 0.471 e. The van der Waals surface area contributed by atoms with Crippen molar-refractivity contribution in [2.45, 2.75) is 192 Å². The van der Waals surface area contributed by atoms with Gasteiger partial charge in [-0.3, -0.25) is 0 Å². The molecule has 0 amide bonds. The van der Waals surface area contributed by atoms with Crippen molar-refractivity contribution >= 4 is 17.4 Å². The predicted octanol–water partition coefficient (Wildman–Crippen LogP) is 17.1. The molecule has 72 heavy (non-hydrogen) atoms. The molecule has 0 aromatic carbocycles. The molecule has 0 saturated carbocycles. The molecule has 0 aromatic heterocycles. The number of alkyl halides is 34. The first-order valence-electron chi connectivity index (χ1n) is 19.9. The summed E-state index contributed by atoms with van der Waals surface area (Å²) in [5.41, 5.74) is 0. The van der Waals surface area contributed by atoms with Crippen LogP contribution in [0.3, 0.4) is 0 Å². The van der Waals surface area contributed by atoms with Gasteiger partial charge in [-0.2, -0.15) is 149 Å². The Hall–Kier alpha value is -2.69. The maximum Gasteiger partial charge on any atom is 0.460 e. The molecule has 0 aliphatic rings. The molecule has 0 bridgehead atoms. The molecular weight excluding hydrogens is 1130 g/mol. The van der Waals surface area contributed by atoms with Crippen LogP contribution in [0.1, 0.15) is 96.8 Å². The Balaban J connectivity index is 6.75. The van der Waals surface area contributed by atoms with Crippen LogP contribution in [0.25, 0.3) is 0 Å².